The highest BCUT2D eigenvalue weighted by Gasteiger charge is 2.26. The SMILES string of the molecule is CC(C)C[C@H](CC(=O)NO)C(=O)N[C@@H](Cc1ccccc1)C(=S)NCCCc1ccccc1. The molecular weight excluding hydrogens is 434 g/mol. The van der Waals surface area contributed by atoms with Crippen LogP contribution in [0.1, 0.15) is 44.2 Å². The second kappa shape index (κ2) is 14.4. The predicted octanol–water partition coefficient (Wildman–Crippen LogP) is 3.82. The van der Waals surface area contributed by atoms with Gasteiger partial charge in [-0.1, -0.05) is 86.7 Å². The van der Waals surface area contributed by atoms with E-state index in [0.29, 0.717) is 24.4 Å². The van der Waals surface area contributed by atoms with Crippen LogP contribution in [-0.4, -0.2) is 34.6 Å². The first-order valence-corrected chi connectivity index (χ1v) is 11.9. The zero-order valence-electron chi connectivity index (χ0n) is 19.4. The lowest BCUT2D eigenvalue weighted by molar-refractivity contribution is -0.135. The van der Waals surface area contributed by atoms with E-state index in [9.17, 15) is 9.59 Å². The van der Waals surface area contributed by atoms with Crippen LogP contribution in [0.2, 0.25) is 0 Å². The first kappa shape index (κ1) is 26.5. The summed E-state index contributed by atoms with van der Waals surface area (Å²) in [5.74, 6) is -1.13. The first-order chi connectivity index (χ1) is 15.9. The van der Waals surface area contributed by atoms with Gasteiger partial charge in [-0.2, -0.15) is 0 Å². The summed E-state index contributed by atoms with van der Waals surface area (Å²) in [6, 6.07) is 19.8. The first-order valence-electron chi connectivity index (χ1n) is 11.5. The van der Waals surface area contributed by atoms with Gasteiger partial charge in [0.25, 0.3) is 0 Å². The van der Waals surface area contributed by atoms with E-state index in [2.05, 4.69) is 22.8 Å². The maximum absolute atomic E-state index is 13.1. The summed E-state index contributed by atoms with van der Waals surface area (Å²) < 4.78 is 0. The Bertz CT molecular complexity index is 875. The minimum Gasteiger partial charge on any atom is -0.378 e. The Balaban J connectivity index is 2.02. The summed E-state index contributed by atoms with van der Waals surface area (Å²) in [4.78, 5) is 25.4. The Hall–Kier alpha value is -2.77. The molecule has 0 unspecified atom stereocenters. The number of rotatable bonds is 13. The molecule has 0 saturated heterocycles. The smallest absolute Gasteiger partial charge is 0.244 e. The fraction of sp³-hybridized carbons (Fsp3) is 0.423. The van der Waals surface area contributed by atoms with Crippen LogP contribution in [0.5, 0.6) is 0 Å². The highest BCUT2D eigenvalue weighted by molar-refractivity contribution is 7.80. The number of hydrogen-bond donors (Lipinski definition) is 4. The second-order valence-corrected chi connectivity index (χ2v) is 9.14. The summed E-state index contributed by atoms with van der Waals surface area (Å²) in [6.45, 7) is 4.70. The van der Waals surface area contributed by atoms with Crippen LogP contribution in [-0.2, 0) is 22.4 Å². The van der Waals surface area contributed by atoms with Crippen LogP contribution in [0.4, 0.5) is 0 Å². The van der Waals surface area contributed by atoms with E-state index in [0.717, 1.165) is 18.4 Å². The maximum Gasteiger partial charge on any atom is 0.244 e. The molecule has 2 rings (SSSR count). The summed E-state index contributed by atoms with van der Waals surface area (Å²) in [6.07, 6.45) is 2.88. The van der Waals surface area contributed by atoms with Crippen molar-refractivity contribution in [3.05, 3.63) is 71.8 Å². The number of nitrogens with one attached hydrogen (secondary N) is 3. The van der Waals surface area contributed by atoms with Crippen molar-refractivity contribution in [2.24, 2.45) is 11.8 Å². The van der Waals surface area contributed by atoms with Crippen LogP contribution < -0.4 is 16.1 Å². The molecule has 178 valence electrons. The van der Waals surface area contributed by atoms with Gasteiger partial charge in [0.1, 0.15) is 0 Å². The maximum atomic E-state index is 13.1. The van der Waals surface area contributed by atoms with Gasteiger partial charge in [0.2, 0.25) is 11.8 Å². The molecule has 0 aromatic heterocycles. The molecule has 0 aliphatic heterocycles. The Kier molecular flexibility index (Phi) is 11.6. The Morgan fingerprint density at radius 2 is 1.58 bits per heavy atom. The summed E-state index contributed by atoms with van der Waals surface area (Å²) in [7, 11) is 0. The number of hydrogen-bond acceptors (Lipinski definition) is 4. The molecule has 0 aliphatic rings. The van der Waals surface area contributed by atoms with E-state index in [1.165, 1.54) is 5.56 Å². The standard InChI is InChI=1S/C26H35N3O3S/c1-19(2)16-22(18-24(30)29-32)25(31)28-23(17-21-12-7-4-8-13-21)26(33)27-15-9-14-20-10-5-3-6-11-20/h3-8,10-13,19,22-23,32H,9,14-18H2,1-2H3,(H,27,33)(H,28,31)(H,29,30)/t22-,23+/m1/s1. The highest BCUT2D eigenvalue weighted by Crippen LogP contribution is 2.17. The van der Waals surface area contributed by atoms with Crippen molar-refractivity contribution in [3.8, 4) is 0 Å². The van der Waals surface area contributed by atoms with Gasteiger partial charge >= 0.3 is 0 Å². The van der Waals surface area contributed by atoms with Crippen LogP contribution in [0, 0.1) is 11.8 Å². The molecule has 2 aromatic carbocycles. The average molecular weight is 470 g/mol. The minimum absolute atomic E-state index is 0.0736. The van der Waals surface area contributed by atoms with E-state index < -0.39 is 17.9 Å². The molecule has 33 heavy (non-hydrogen) atoms. The van der Waals surface area contributed by atoms with E-state index in [4.69, 9.17) is 17.4 Å². The minimum atomic E-state index is -0.572. The normalized spacial score (nSPS) is 12.6. The van der Waals surface area contributed by atoms with E-state index in [1.54, 1.807) is 5.48 Å². The van der Waals surface area contributed by atoms with Crippen LogP contribution in [0.3, 0.4) is 0 Å². The summed E-state index contributed by atoms with van der Waals surface area (Å²) >= 11 is 5.66. The lowest BCUT2D eigenvalue weighted by Gasteiger charge is -2.25. The molecule has 7 heteroatoms. The number of amides is 2. The molecule has 2 aromatic rings. The van der Waals surface area contributed by atoms with Crippen molar-refractivity contribution in [2.75, 3.05) is 6.54 Å². The number of carbonyl (C=O) groups excluding carboxylic acids is 2. The number of carbonyl (C=O) groups is 2. The largest absolute Gasteiger partial charge is 0.378 e. The van der Waals surface area contributed by atoms with Gasteiger partial charge < -0.3 is 10.6 Å². The lowest BCUT2D eigenvalue weighted by Crippen LogP contribution is -2.49. The number of benzene rings is 2. The van der Waals surface area contributed by atoms with Gasteiger partial charge in [0.15, 0.2) is 0 Å². The third-order valence-electron chi connectivity index (χ3n) is 5.38. The fourth-order valence-corrected chi connectivity index (χ4v) is 3.99. The topological polar surface area (TPSA) is 90.5 Å². The Morgan fingerprint density at radius 1 is 0.970 bits per heavy atom. The number of thiocarbonyl (C=S) groups is 1. The van der Waals surface area contributed by atoms with Gasteiger partial charge in [0.05, 0.1) is 11.0 Å². The monoisotopic (exact) mass is 469 g/mol. The van der Waals surface area contributed by atoms with Crippen molar-refractivity contribution in [1.29, 1.82) is 0 Å². The molecule has 2 amide bonds. The van der Waals surface area contributed by atoms with Gasteiger partial charge in [0, 0.05) is 18.9 Å². The molecule has 0 aliphatic carbocycles. The molecule has 4 N–H and O–H groups in total. The van der Waals surface area contributed by atoms with Crippen LogP contribution in [0.25, 0.3) is 0 Å². The van der Waals surface area contributed by atoms with Crippen molar-refractivity contribution in [2.45, 2.75) is 52.0 Å². The number of aryl methyl sites for hydroxylation is 1. The Morgan fingerprint density at radius 3 is 2.15 bits per heavy atom. The van der Waals surface area contributed by atoms with Crippen molar-refractivity contribution >= 4 is 29.0 Å². The van der Waals surface area contributed by atoms with Gasteiger partial charge in [-0.3, -0.25) is 14.8 Å². The van der Waals surface area contributed by atoms with Gasteiger partial charge in [-0.05, 0) is 42.7 Å². The molecule has 2 atom stereocenters. The highest BCUT2D eigenvalue weighted by atomic mass is 32.1. The molecular formula is C26H35N3O3S. The molecule has 6 nitrogen and oxygen atoms in total. The van der Waals surface area contributed by atoms with E-state index in [-0.39, 0.29) is 18.2 Å². The molecule has 0 heterocycles. The molecule has 0 radical (unpaired) electrons. The van der Waals surface area contributed by atoms with Crippen molar-refractivity contribution in [3.63, 3.8) is 0 Å². The quantitative estimate of drug-likeness (QED) is 0.155. The molecule has 0 fully saturated rings. The molecule has 0 saturated carbocycles. The third kappa shape index (κ3) is 10.1. The molecule has 0 bridgehead atoms. The van der Waals surface area contributed by atoms with Crippen molar-refractivity contribution < 1.29 is 14.8 Å². The van der Waals surface area contributed by atoms with Gasteiger partial charge in [-0.15, -0.1) is 0 Å². The van der Waals surface area contributed by atoms with Crippen molar-refractivity contribution in [1.82, 2.24) is 16.1 Å². The Labute approximate surface area is 202 Å². The lowest BCUT2D eigenvalue weighted by atomic mass is 9.92. The fourth-order valence-electron chi connectivity index (χ4n) is 3.74. The number of hydroxylamine groups is 1. The van der Waals surface area contributed by atoms with Crippen LogP contribution >= 0.6 is 12.2 Å². The van der Waals surface area contributed by atoms with E-state index >= 15 is 0 Å². The molecule has 0 spiro atoms. The zero-order valence-corrected chi connectivity index (χ0v) is 20.2. The third-order valence-corrected chi connectivity index (χ3v) is 5.81. The zero-order chi connectivity index (χ0) is 24.1. The predicted molar refractivity (Wildman–Crippen MR) is 135 cm³/mol. The van der Waals surface area contributed by atoms with Crippen LogP contribution in [0.15, 0.2) is 60.7 Å². The average Bonchev–Trinajstić information content (AvgIpc) is 2.81. The van der Waals surface area contributed by atoms with E-state index in [1.807, 2.05) is 62.4 Å². The summed E-state index contributed by atoms with van der Waals surface area (Å²) in [5, 5.41) is 15.3. The van der Waals surface area contributed by atoms with Gasteiger partial charge in [-0.25, -0.2) is 5.48 Å². The summed E-state index contributed by atoms with van der Waals surface area (Å²) in [5.41, 5.74) is 3.97. The second-order valence-electron chi connectivity index (χ2n) is 8.70.